The quantitative estimate of drug-likeness (QED) is 0.664. The molecule has 0 N–H and O–H groups in total. The van der Waals surface area contributed by atoms with Crippen LogP contribution >= 0.6 is 0 Å². The van der Waals surface area contributed by atoms with E-state index >= 15 is 0 Å². The molecule has 0 aromatic rings. The van der Waals surface area contributed by atoms with Crippen molar-refractivity contribution in [2.45, 2.75) is 45.8 Å². The van der Waals surface area contributed by atoms with Crippen molar-refractivity contribution in [3.05, 3.63) is 0 Å². The molecule has 0 fully saturated rings. The summed E-state index contributed by atoms with van der Waals surface area (Å²) in [6.45, 7) is 7.88. The fourth-order valence-corrected chi connectivity index (χ4v) is 0.987. The van der Waals surface area contributed by atoms with Crippen LogP contribution in [0.3, 0.4) is 0 Å². The smallest absolute Gasteiger partial charge is 0.323 e. The highest BCUT2D eigenvalue weighted by molar-refractivity contribution is 5.75. The van der Waals surface area contributed by atoms with Crippen LogP contribution in [0.1, 0.15) is 34.1 Å². The number of nitriles is 1. The first kappa shape index (κ1) is 13.9. The van der Waals surface area contributed by atoms with Gasteiger partial charge >= 0.3 is 5.97 Å². The van der Waals surface area contributed by atoms with Crippen LogP contribution in [-0.4, -0.2) is 36.1 Å². The lowest BCUT2D eigenvalue weighted by Crippen LogP contribution is -2.40. The van der Waals surface area contributed by atoms with Crippen LogP contribution in [0, 0.1) is 11.3 Å². The molecule has 15 heavy (non-hydrogen) atoms. The highest BCUT2D eigenvalue weighted by atomic mass is 16.6. The van der Waals surface area contributed by atoms with Crippen LogP contribution in [0.15, 0.2) is 0 Å². The third-order valence-electron chi connectivity index (χ3n) is 1.99. The van der Waals surface area contributed by atoms with Crippen molar-refractivity contribution in [3.8, 4) is 6.07 Å². The second-order valence-electron chi connectivity index (χ2n) is 4.60. The van der Waals surface area contributed by atoms with E-state index in [1.165, 1.54) is 0 Å². The minimum absolute atomic E-state index is 0.247. The van der Waals surface area contributed by atoms with E-state index in [9.17, 15) is 4.79 Å². The molecule has 0 heterocycles. The normalized spacial score (nSPS) is 13.4. The first-order valence-electron chi connectivity index (χ1n) is 5.08. The van der Waals surface area contributed by atoms with E-state index in [0.29, 0.717) is 13.0 Å². The molecule has 0 radical (unpaired) electrons. The Morgan fingerprint density at radius 3 is 2.47 bits per heavy atom. The Balaban J connectivity index is 4.15. The van der Waals surface area contributed by atoms with Gasteiger partial charge in [-0.1, -0.05) is 0 Å². The van der Waals surface area contributed by atoms with Crippen LogP contribution in [0.2, 0.25) is 0 Å². The first-order chi connectivity index (χ1) is 6.78. The van der Waals surface area contributed by atoms with Gasteiger partial charge in [-0.25, -0.2) is 0 Å². The van der Waals surface area contributed by atoms with Gasteiger partial charge in [0.25, 0.3) is 0 Å². The van der Waals surface area contributed by atoms with Crippen LogP contribution < -0.4 is 0 Å². The van der Waals surface area contributed by atoms with Gasteiger partial charge in [-0.3, -0.25) is 9.69 Å². The monoisotopic (exact) mass is 212 g/mol. The van der Waals surface area contributed by atoms with E-state index < -0.39 is 5.60 Å². The molecule has 0 rings (SSSR count). The van der Waals surface area contributed by atoms with Crippen molar-refractivity contribution < 1.29 is 9.53 Å². The van der Waals surface area contributed by atoms with Gasteiger partial charge in [-0.15, -0.1) is 0 Å². The standard InChI is InChI=1S/C11H20N2O2/c1-9(13(5)8-6-7-12)10(14)15-11(2,3)4/h9H,6,8H2,1-5H3. The van der Waals surface area contributed by atoms with Gasteiger partial charge in [-0.2, -0.15) is 5.26 Å². The van der Waals surface area contributed by atoms with E-state index in [1.54, 1.807) is 6.92 Å². The molecule has 0 bridgehead atoms. The summed E-state index contributed by atoms with van der Waals surface area (Å²) in [6, 6.07) is 1.74. The Morgan fingerprint density at radius 2 is 2.07 bits per heavy atom. The molecule has 4 heteroatoms. The van der Waals surface area contributed by atoms with Crippen molar-refractivity contribution in [1.29, 1.82) is 5.26 Å². The molecule has 0 aliphatic heterocycles. The Bertz CT molecular complexity index is 250. The molecule has 0 aliphatic carbocycles. The second-order valence-corrected chi connectivity index (χ2v) is 4.60. The molecule has 0 aromatic carbocycles. The summed E-state index contributed by atoms with van der Waals surface area (Å²) in [7, 11) is 1.81. The second kappa shape index (κ2) is 5.72. The fraction of sp³-hybridized carbons (Fsp3) is 0.818. The number of hydrogen-bond donors (Lipinski definition) is 0. The van der Waals surface area contributed by atoms with E-state index in [-0.39, 0.29) is 12.0 Å². The highest BCUT2D eigenvalue weighted by Gasteiger charge is 2.24. The van der Waals surface area contributed by atoms with Crippen molar-refractivity contribution in [2.75, 3.05) is 13.6 Å². The number of rotatable bonds is 4. The Kier molecular flexibility index (Phi) is 5.31. The van der Waals surface area contributed by atoms with E-state index in [2.05, 4.69) is 0 Å². The van der Waals surface area contributed by atoms with Gasteiger partial charge < -0.3 is 4.74 Å². The Hall–Kier alpha value is -1.08. The number of ether oxygens (including phenoxy) is 1. The molecular weight excluding hydrogens is 192 g/mol. The number of carbonyl (C=O) groups excluding carboxylic acids is 1. The van der Waals surface area contributed by atoms with Crippen molar-refractivity contribution >= 4 is 5.97 Å². The lowest BCUT2D eigenvalue weighted by molar-refractivity contribution is -0.160. The van der Waals surface area contributed by atoms with Gasteiger partial charge in [0.15, 0.2) is 0 Å². The highest BCUT2D eigenvalue weighted by Crippen LogP contribution is 2.10. The molecule has 0 spiro atoms. The topological polar surface area (TPSA) is 53.3 Å². The van der Waals surface area contributed by atoms with Crippen LogP contribution in [-0.2, 0) is 9.53 Å². The molecule has 0 saturated heterocycles. The number of esters is 1. The average Bonchev–Trinajstić information content (AvgIpc) is 2.10. The predicted octanol–water partition coefficient (Wildman–Crippen LogP) is 1.56. The summed E-state index contributed by atoms with van der Waals surface area (Å²) in [4.78, 5) is 13.4. The van der Waals surface area contributed by atoms with Gasteiger partial charge in [0, 0.05) is 13.0 Å². The molecule has 1 atom stereocenters. The third-order valence-corrected chi connectivity index (χ3v) is 1.99. The van der Waals surface area contributed by atoms with Crippen LogP contribution in [0.25, 0.3) is 0 Å². The van der Waals surface area contributed by atoms with Crippen molar-refractivity contribution in [2.24, 2.45) is 0 Å². The van der Waals surface area contributed by atoms with Crippen LogP contribution in [0.4, 0.5) is 0 Å². The molecule has 0 aliphatic rings. The largest absolute Gasteiger partial charge is 0.459 e. The zero-order valence-corrected chi connectivity index (χ0v) is 10.2. The summed E-state index contributed by atoms with van der Waals surface area (Å²) >= 11 is 0. The van der Waals surface area contributed by atoms with Gasteiger partial charge in [0.2, 0.25) is 0 Å². The maximum atomic E-state index is 11.6. The first-order valence-corrected chi connectivity index (χ1v) is 5.08. The van der Waals surface area contributed by atoms with E-state index in [4.69, 9.17) is 10.00 Å². The summed E-state index contributed by atoms with van der Waals surface area (Å²) in [6.07, 6.45) is 0.420. The van der Waals surface area contributed by atoms with Crippen molar-refractivity contribution in [1.82, 2.24) is 4.90 Å². The number of nitrogens with zero attached hydrogens (tertiary/aromatic N) is 2. The molecule has 86 valence electrons. The molecule has 1 unspecified atom stereocenters. The summed E-state index contributed by atoms with van der Waals surface area (Å²) in [5.74, 6) is -0.247. The summed E-state index contributed by atoms with van der Waals surface area (Å²) in [5, 5.41) is 8.43. The molecule has 4 nitrogen and oxygen atoms in total. The summed E-state index contributed by atoms with van der Waals surface area (Å²) < 4.78 is 5.24. The van der Waals surface area contributed by atoms with E-state index in [0.717, 1.165) is 0 Å². The Morgan fingerprint density at radius 1 is 1.53 bits per heavy atom. The lowest BCUT2D eigenvalue weighted by atomic mass is 10.2. The zero-order chi connectivity index (χ0) is 12.1. The zero-order valence-electron chi connectivity index (χ0n) is 10.2. The minimum atomic E-state index is -0.457. The average molecular weight is 212 g/mol. The van der Waals surface area contributed by atoms with Crippen LogP contribution in [0.5, 0.6) is 0 Å². The van der Waals surface area contributed by atoms with Crippen molar-refractivity contribution in [3.63, 3.8) is 0 Å². The SMILES string of the molecule is CC(C(=O)OC(C)(C)C)N(C)CCC#N. The van der Waals surface area contributed by atoms with Gasteiger partial charge in [-0.05, 0) is 34.7 Å². The Labute approximate surface area is 91.8 Å². The lowest BCUT2D eigenvalue weighted by Gasteiger charge is -2.26. The maximum absolute atomic E-state index is 11.6. The summed E-state index contributed by atoms with van der Waals surface area (Å²) in [5.41, 5.74) is -0.457. The number of carbonyl (C=O) groups is 1. The third kappa shape index (κ3) is 6.08. The molecule has 0 aromatic heterocycles. The van der Waals surface area contributed by atoms with Gasteiger partial charge in [0.1, 0.15) is 11.6 Å². The molecule has 0 amide bonds. The molecule has 0 saturated carbocycles. The number of likely N-dealkylation sites (N-methyl/N-ethyl adjacent to an activating group) is 1. The minimum Gasteiger partial charge on any atom is -0.459 e. The van der Waals surface area contributed by atoms with Gasteiger partial charge in [0.05, 0.1) is 6.07 Å². The fourth-order valence-electron chi connectivity index (χ4n) is 0.987. The predicted molar refractivity (Wildman–Crippen MR) is 58.2 cm³/mol. The maximum Gasteiger partial charge on any atom is 0.323 e. The van der Waals surface area contributed by atoms with E-state index in [1.807, 2.05) is 38.8 Å². The number of hydrogen-bond acceptors (Lipinski definition) is 4. The molecular formula is C11H20N2O2.